The van der Waals surface area contributed by atoms with E-state index in [9.17, 15) is 18.0 Å². The first-order chi connectivity index (χ1) is 8.75. The van der Waals surface area contributed by atoms with Crippen LogP contribution < -0.4 is 9.44 Å². The van der Waals surface area contributed by atoms with Crippen molar-refractivity contribution in [3.05, 3.63) is 15.6 Å². The van der Waals surface area contributed by atoms with E-state index >= 15 is 0 Å². The predicted molar refractivity (Wildman–Crippen MR) is 65.1 cm³/mol. The van der Waals surface area contributed by atoms with Crippen LogP contribution in [0.5, 0.6) is 0 Å². The standard InChI is InChI=1S/C8H11N3O6S2/c1-4-6(7(12)13)18-5(10-4)3-9-19(15,16)11-8(14)17-2/h9H,3H2,1-2H3,(H,11,14)(H,12,13). The van der Waals surface area contributed by atoms with Crippen LogP contribution in [0.3, 0.4) is 0 Å². The fourth-order valence-corrected chi connectivity index (χ4v) is 2.71. The third kappa shape index (κ3) is 4.46. The lowest BCUT2D eigenvalue weighted by Gasteiger charge is -2.05. The largest absolute Gasteiger partial charge is 0.477 e. The number of amides is 1. The molecule has 1 aromatic rings. The Labute approximate surface area is 112 Å². The lowest BCUT2D eigenvalue weighted by Crippen LogP contribution is -2.39. The van der Waals surface area contributed by atoms with E-state index < -0.39 is 22.3 Å². The third-order valence-corrected chi connectivity index (χ3v) is 3.96. The van der Waals surface area contributed by atoms with Gasteiger partial charge in [0.05, 0.1) is 19.3 Å². The average molecular weight is 309 g/mol. The van der Waals surface area contributed by atoms with Crippen molar-refractivity contribution >= 4 is 33.6 Å². The summed E-state index contributed by atoms with van der Waals surface area (Å²) in [6.45, 7) is 1.27. The number of nitrogens with one attached hydrogen (secondary N) is 2. The molecule has 106 valence electrons. The van der Waals surface area contributed by atoms with Crippen LogP contribution in [0.15, 0.2) is 0 Å². The lowest BCUT2D eigenvalue weighted by molar-refractivity contribution is 0.0701. The highest BCUT2D eigenvalue weighted by Crippen LogP contribution is 2.17. The van der Waals surface area contributed by atoms with Gasteiger partial charge in [-0.15, -0.1) is 11.3 Å². The summed E-state index contributed by atoms with van der Waals surface area (Å²) < 4.78 is 30.4. The summed E-state index contributed by atoms with van der Waals surface area (Å²) in [6.07, 6.45) is -1.13. The van der Waals surface area contributed by atoms with Crippen molar-refractivity contribution in [2.45, 2.75) is 13.5 Å². The van der Waals surface area contributed by atoms with Crippen molar-refractivity contribution < 1.29 is 27.9 Å². The van der Waals surface area contributed by atoms with E-state index in [1.165, 1.54) is 6.92 Å². The monoisotopic (exact) mass is 309 g/mol. The Balaban J connectivity index is 2.69. The van der Waals surface area contributed by atoms with Gasteiger partial charge in [-0.25, -0.2) is 19.3 Å². The van der Waals surface area contributed by atoms with Crippen LogP contribution in [0.4, 0.5) is 4.79 Å². The Kier molecular flexibility index (Phi) is 4.80. The second-order valence-electron chi connectivity index (χ2n) is 3.25. The van der Waals surface area contributed by atoms with Crippen LogP contribution >= 0.6 is 11.3 Å². The van der Waals surface area contributed by atoms with Crippen LogP contribution in [0.1, 0.15) is 20.4 Å². The SMILES string of the molecule is COC(=O)NS(=O)(=O)NCc1nc(C)c(C(=O)O)s1. The molecule has 3 N–H and O–H groups in total. The molecule has 19 heavy (non-hydrogen) atoms. The predicted octanol–water partition coefficient (Wildman–Crippen LogP) is -0.160. The lowest BCUT2D eigenvalue weighted by atomic mass is 10.4. The number of carboxylic acid groups (broad SMARTS) is 1. The maximum atomic E-state index is 11.3. The highest BCUT2D eigenvalue weighted by atomic mass is 32.2. The van der Waals surface area contributed by atoms with Gasteiger partial charge in [-0.1, -0.05) is 0 Å². The van der Waals surface area contributed by atoms with Gasteiger partial charge in [-0.3, -0.25) is 0 Å². The van der Waals surface area contributed by atoms with Crippen LogP contribution in [-0.2, 0) is 21.5 Å². The molecule has 11 heteroatoms. The molecular weight excluding hydrogens is 298 g/mol. The number of aromatic carboxylic acids is 1. The number of thiazole rings is 1. The normalized spacial score (nSPS) is 11.1. The van der Waals surface area contributed by atoms with Crippen LogP contribution in [0.25, 0.3) is 0 Å². The number of aryl methyl sites for hydroxylation is 1. The van der Waals surface area contributed by atoms with E-state index in [0.717, 1.165) is 18.4 Å². The van der Waals surface area contributed by atoms with Crippen LogP contribution in [0.2, 0.25) is 0 Å². The zero-order chi connectivity index (χ0) is 14.6. The number of nitrogens with zero attached hydrogens (tertiary/aromatic N) is 1. The summed E-state index contributed by atoms with van der Waals surface area (Å²) in [4.78, 5) is 25.5. The number of carbonyl (C=O) groups is 2. The van der Waals surface area contributed by atoms with Crippen LogP contribution in [0, 0.1) is 6.92 Å². The molecule has 1 amide bonds. The van der Waals surface area contributed by atoms with Crippen molar-refractivity contribution in [2.24, 2.45) is 0 Å². The Bertz CT molecular complexity index is 594. The average Bonchev–Trinajstić information content (AvgIpc) is 2.67. The van der Waals surface area contributed by atoms with Crippen molar-refractivity contribution in [2.75, 3.05) is 7.11 Å². The maximum Gasteiger partial charge on any atom is 0.421 e. The minimum absolute atomic E-state index is 0.0372. The zero-order valence-corrected chi connectivity index (χ0v) is 11.6. The summed E-state index contributed by atoms with van der Waals surface area (Å²) >= 11 is 0.851. The second-order valence-corrected chi connectivity index (χ2v) is 5.83. The molecule has 1 rings (SSSR count). The first kappa shape index (κ1) is 15.3. The number of carbonyl (C=O) groups excluding carboxylic acids is 1. The minimum Gasteiger partial charge on any atom is -0.477 e. The molecule has 0 saturated carbocycles. The fourth-order valence-electron chi connectivity index (χ4n) is 1.07. The Morgan fingerprint density at radius 3 is 2.58 bits per heavy atom. The van der Waals surface area contributed by atoms with E-state index in [-0.39, 0.29) is 16.4 Å². The topological polar surface area (TPSA) is 135 Å². The first-order valence-corrected chi connectivity index (χ1v) is 7.10. The second kappa shape index (κ2) is 5.95. The Morgan fingerprint density at radius 2 is 2.11 bits per heavy atom. The van der Waals surface area contributed by atoms with Gasteiger partial charge in [-0.2, -0.15) is 13.1 Å². The number of rotatable bonds is 5. The van der Waals surface area contributed by atoms with Crippen molar-refractivity contribution in [3.63, 3.8) is 0 Å². The van der Waals surface area contributed by atoms with E-state index in [2.05, 4.69) is 9.72 Å². The molecule has 0 radical (unpaired) electrons. The van der Waals surface area contributed by atoms with Gasteiger partial charge in [0, 0.05) is 0 Å². The van der Waals surface area contributed by atoms with E-state index in [4.69, 9.17) is 5.11 Å². The van der Waals surface area contributed by atoms with Gasteiger partial charge in [0.1, 0.15) is 9.88 Å². The summed E-state index contributed by atoms with van der Waals surface area (Å²) in [5.74, 6) is -1.13. The molecule has 0 atom stereocenters. The molecule has 1 heterocycles. The smallest absolute Gasteiger partial charge is 0.421 e. The molecule has 1 aromatic heterocycles. The molecule has 0 spiro atoms. The van der Waals surface area contributed by atoms with Crippen LogP contribution in [-0.4, -0.2) is 37.7 Å². The molecule has 0 unspecified atom stereocenters. The molecule has 9 nitrogen and oxygen atoms in total. The molecule has 0 aromatic carbocycles. The van der Waals surface area contributed by atoms with Gasteiger partial charge in [0.2, 0.25) is 0 Å². The molecule has 0 aliphatic carbocycles. The number of carboxylic acids is 1. The first-order valence-electron chi connectivity index (χ1n) is 4.80. The number of ether oxygens (including phenoxy) is 1. The summed E-state index contributed by atoms with van der Waals surface area (Å²) in [5, 5.41) is 9.08. The zero-order valence-electron chi connectivity index (χ0n) is 9.96. The van der Waals surface area contributed by atoms with Gasteiger partial charge in [-0.05, 0) is 6.92 Å². The Hall–Kier alpha value is -1.72. The number of hydrogen-bond donors (Lipinski definition) is 3. The highest BCUT2D eigenvalue weighted by molar-refractivity contribution is 7.88. The molecule has 0 aliphatic rings. The Morgan fingerprint density at radius 1 is 1.47 bits per heavy atom. The number of methoxy groups -OCH3 is 1. The van der Waals surface area contributed by atoms with E-state index in [1.807, 2.05) is 4.72 Å². The van der Waals surface area contributed by atoms with E-state index in [1.54, 1.807) is 4.72 Å². The number of aromatic nitrogens is 1. The summed E-state index contributed by atoms with van der Waals surface area (Å²) in [6, 6.07) is 0. The quantitative estimate of drug-likeness (QED) is 0.687. The van der Waals surface area contributed by atoms with Crippen molar-refractivity contribution in [1.29, 1.82) is 0 Å². The van der Waals surface area contributed by atoms with Gasteiger partial charge >= 0.3 is 22.3 Å². The minimum atomic E-state index is -4.07. The number of hydrogen-bond acceptors (Lipinski definition) is 7. The van der Waals surface area contributed by atoms with Gasteiger partial charge < -0.3 is 9.84 Å². The van der Waals surface area contributed by atoms with E-state index in [0.29, 0.717) is 5.69 Å². The molecule has 0 aliphatic heterocycles. The molecule has 0 saturated heterocycles. The summed E-state index contributed by atoms with van der Waals surface area (Å²) in [7, 11) is -3.05. The molecule has 0 bridgehead atoms. The van der Waals surface area contributed by atoms with Gasteiger partial charge in [0.15, 0.2) is 0 Å². The fraction of sp³-hybridized carbons (Fsp3) is 0.375. The highest BCUT2D eigenvalue weighted by Gasteiger charge is 2.17. The third-order valence-electron chi connectivity index (χ3n) is 1.85. The summed E-state index contributed by atoms with van der Waals surface area (Å²) in [5.41, 5.74) is 0.299. The molecular formula is C8H11N3O6S2. The molecule has 0 fully saturated rings. The maximum absolute atomic E-state index is 11.3. The van der Waals surface area contributed by atoms with Crippen molar-refractivity contribution in [3.8, 4) is 0 Å². The van der Waals surface area contributed by atoms with Crippen molar-refractivity contribution in [1.82, 2.24) is 14.4 Å². The van der Waals surface area contributed by atoms with Gasteiger partial charge in [0.25, 0.3) is 0 Å².